The van der Waals surface area contributed by atoms with E-state index in [1.54, 1.807) is 0 Å². The molecule has 1 aliphatic carbocycles. The number of hydrogen-bond acceptors (Lipinski definition) is 4. The molecule has 0 aliphatic heterocycles. The van der Waals surface area contributed by atoms with Gasteiger partial charge in [0.25, 0.3) is 5.91 Å². The maximum Gasteiger partial charge on any atom is 0.273 e. The SMILES string of the molecule is CC1CCCC(CNC(=O)c2cn[nH]n2)(N(C)C)C1. The molecule has 1 saturated carbocycles. The normalized spacial score (nSPS) is 27.5. The van der Waals surface area contributed by atoms with Gasteiger partial charge in [0.2, 0.25) is 0 Å². The molecule has 0 radical (unpaired) electrons. The predicted molar refractivity (Wildman–Crippen MR) is 72.8 cm³/mol. The molecule has 2 N–H and O–H groups in total. The fourth-order valence-electron chi connectivity index (χ4n) is 3.00. The second-order valence-corrected chi connectivity index (χ2v) is 5.86. The van der Waals surface area contributed by atoms with Crippen LogP contribution in [0.25, 0.3) is 0 Å². The molecule has 6 nitrogen and oxygen atoms in total. The Bertz CT molecular complexity index is 417. The standard InChI is InChI=1S/C13H23N5O/c1-10-5-4-6-13(7-10,18(2)3)9-14-12(19)11-8-15-17-16-11/h8,10H,4-7,9H2,1-3H3,(H,14,19)(H,15,16,17). The molecular weight excluding hydrogens is 242 g/mol. The summed E-state index contributed by atoms with van der Waals surface area (Å²) in [5, 5.41) is 12.9. The lowest BCUT2D eigenvalue weighted by atomic mass is 9.75. The molecule has 1 fully saturated rings. The zero-order valence-electron chi connectivity index (χ0n) is 11.9. The van der Waals surface area contributed by atoms with Gasteiger partial charge >= 0.3 is 0 Å². The molecule has 19 heavy (non-hydrogen) atoms. The lowest BCUT2D eigenvalue weighted by molar-refractivity contribution is 0.0673. The van der Waals surface area contributed by atoms with Crippen LogP contribution in [0.3, 0.4) is 0 Å². The predicted octanol–water partition coefficient (Wildman–Crippen LogP) is 1.04. The average molecular weight is 265 g/mol. The van der Waals surface area contributed by atoms with Crippen LogP contribution in [0.1, 0.15) is 43.1 Å². The third kappa shape index (κ3) is 3.12. The number of carbonyl (C=O) groups excluding carboxylic acids is 1. The summed E-state index contributed by atoms with van der Waals surface area (Å²) >= 11 is 0. The molecule has 1 amide bonds. The molecule has 6 heteroatoms. The molecule has 2 unspecified atom stereocenters. The third-order valence-electron chi connectivity index (χ3n) is 4.24. The Morgan fingerprint density at radius 2 is 2.42 bits per heavy atom. The Morgan fingerprint density at radius 1 is 1.63 bits per heavy atom. The number of carbonyl (C=O) groups is 1. The summed E-state index contributed by atoms with van der Waals surface area (Å²) in [6.45, 7) is 2.95. The molecule has 0 saturated heterocycles. The Balaban J connectivity index is 1.99. The number of aromatic amines is 1. The molecule has 1 aliphatic rings. The fraction of sp³-hybridized carbons (Fsp3) is 0.769. The van der Waals surface area contributed by atoms with Gasteiger partial charge in [-0.05, 0) is 32.9 Å². The summed E-state index contributed by atoms with van der Waals surface area (Å²) in [7, 11) is 4.20. The maximum absolute atomic E-state index is 11.9. The van der Waals surface area contributed by atoms with Crippen molar-refractivity contribution in [2.45, 2.75) is 38.1 Å². The van der Waals surface area contributed by atoms with Gasteiger partial charge in [-0.2, -0.15) is 15.4 Å². The first-order chi connectivity index (χ1) is 9.03. The van der Waals surface area contributed by atoms with Crippen LogP contribution in [0.4, 0.5) is 0 Å². The van der Waals surface area contributed by atoms with E-state index in [-0.39, 0.29) is 11.4 Å². The molecule has 1 aromatic heterocycles. The number of amides is 1. The van der Waals surface area contributed by atoms with Crippen molar-refractivity contribution < 1.29 is 4.79 Å². The smallest absolute Gasteiger partial charge is 0.273 e. The van der Waals surface area contributed by atoms with E-state index in [2.05, 4.69) is 46.6 Å². The van der Waals surface area contributed by atoms with E-state index in [1.807, 2.05) is 0 Å². The number of aromatic nitrogens is 3. The number of H-pyrrole nitrogens is 1. The highest BCUT2D eigenvalue weighted by molar-refractivity contribution is 5.91. The van der Waals surface area contributed by atoms with Gasteiger partial charge in [0, 0.05) is 12.1 Å². The van der Waals surface area contributed by atoms with Crippen molar-refractivity contribution in [3.05, 3.63) is 11.9 Å². The van der Waals surface area contributed by atoms with Gasteiger partial charge in [-0.3, -0.25) is 4.79 Å². The van der Waals surface area contributed by atoms with Crippen molar-refractivity contribution in [1.29, 1.82) is 0 Å². The van der Waals surface area contributed by atoms with E-state index in [9.17, 15) is 4.79 Å². The average Bonchev–Trinajstić information content (AvgIpc) is 2.89. The first kappa shape index (κ1) is 14.0. The van der Waals surface area contributed by atoms with Gasteiger partial charge in [0.05, 0.1) is 6.20 Å². The number of nitrogens with zero attached hydrogens (tertiary/aromatic N) is 3. The van der Waals surface area contributed by atoms with E-state index in [0.29, 0.717) is 18.2 Å². The Labute approximate surface area is 113 Å². The minimum atomic E-state index is -0.159. The van der Waals surface area contributed by atoms with Crippen molar-refractivity contribution in [2.75, 3.05) is 20.6 Å². The number of hydrogen-bond donors (Lipinski definition) is 2. The minimum Gasteiger partial charge on any atom is -0.349 e. The van der Waals surface area contributed by atoms with Crippen LogP contribution in [-0.2, 0) is 0 Å². The van der Waals surface area contributed by atoms with E-state index < -0.39 is 0 Å². The summed E-state index contributed by atoms with van der Waals surface area (Å²) in [6, 6.07) is 0. The summed E-state index contributed by atoms with van der Waals surface area (Å²) < 4.78 is 0. The van der Waals surface area contributed by atoms with Crippen molar-refractivity contribution in [3.63, 3.8) is 0 Å². The molecule has 0 bridgehead atoms. The number of likely N-dealkylation sites (N-methyl/N-ethyl adjacent to an activating group) is 1. The van der Waals surface area contributed by atoms with Gasteiger partial charge in [-0.1, -0.05) is 19.8 Å². The zero-order chi connectivity index (χ0) is 13.9. The molecule has 0 aromatic carbocycles. The first-order valence-corrected chi connectivity index (χ1v) is 6.85. The third-order valence-corrected chi connectivity index (χ3v) is 4.24. The molecule has 0 spiro atoms. The molecule has 2 rings (SSSR count). The molecule has 1 heterocycles. The monoisotopic (exact) mass is 265 g/mol. The van der Waals surface area contributed by atoms with E-state index in [1.165, 1.54) is 19.0 Å². The highest BCUT2D eigenvalue weighted by atomic mass is 16.2. The van der Waals surface area contributed by atoms with Crippen LogP contribution in [0.15, 0.2) is 6.20 Å². The van der Waals surface area contributed by atoms with Crippen molar-refractivity contribution in [2.24, 2.45) is 5.92 Å². The van der Waals surface area contributed by atoms with Gasteiger partial charge in [-0.25, -0.2) is 0 Å². The minimum absolute atomic E-state index is 0.0665. The van der Waals surface area contributed by atoms with Crippen LogP contribution in [0.2, 0.25) is 0 Å². The van der Waals surface area contributed by atoms with Gasteiger partial charge in [0.15, 0.2) is 5.69 Å². The van der Waals surface area contributed by atoms with Crippen molar-refractivity contribution in [1.82, 2.24) is 25.6 Å². The van der Waals surface area contributed by atoms with Crippen LogP contribution in [0, 0.1) is 5.92 Å². The molecule has 1 aromatic rings. The van der Waals surface area contributed by atoms with Crippen LogP contribution >= 0.6 is 0 Å². The zero-order valence-corrected chi connectivity index (χ0v) is 11.9. The van der Waals surface area contributed by atoms with Crippen molar-refractivity contribution >= 4 is 5.91 Å². The van der Waals surface area contributed by atoms with Gasteiger partial charge in [0.1, 0.15) is 0 Å². The number of rotatable bonds is 4. The van der Waals surface area contributed by atoms with Gasteiger partial charge in [-0.15, -0.1) is 0 Å². The Hall–Kier alpha value is -1.43. The highest BCUT2D eigenvalue weighted by Crippen LogP contribution is 2.35. The lowest BCUT2D eigenvalue weighted by Gasteiger charge is -2.45. The highest BCUT2D eigenvalue weighted by Gasteiger charge is 2.37. The summed E-state index contributed by atoms with van der Waals surface area (Å²) in [5.41, 5.74) is 0.412. The van der Waals surface area contributed by atoms with Crippen LogP contribution in [0.5, 0.6) is 0 Å². The quantitative estimate of drug-likeness (QED) is 0.853. The summed E-state index contributed by atoms with van der Waals surface area (Å²) in [6.07, 6.45) is 6.20. The van der Waals surface area contributed by atoms with Crippen LogP contribution in [-0.4, -0.2) is 52.4 Å². The number of nitrogens with one attached hydrogen (secondary N) is 2. The first-order valence-electron chi connectivity index (χ1n) is 6.85. The van der Waals surface area contributed by atoms with E-state index >= 15 is 0 Å². The van der Waals surface area contributed by atoms with Crippen molar-refractivity contribution in [3.8, 4) is 0 Å². The fourth-order valence-corrected chi connectivity index (χ4v) is 3.00. The van der Waals surface area contributed by atoms with E-state index in [0.717, 1.165) is 12.8 Å². The maximum atomic E-state index is 11.9. The topological polar surface area (TPSA) is 73.9 Å². The lowest BCUT2D eigenvalue weighted by Crippen LogP contribution is -2.55. The Kier molecular flexibility index (Phi) is 4.19. The molecular formula is C13H23N5O. The molecule has 106 valence electrons. The second-order valence-electron chi connectivity index (χ2n) is 5.86. The molecule has 2 atom stereocenters. The van der Waals surface area contributed by atoms with Gasteiger partial charge < -0.3 is 10.2 Å². The largest absolute Gasteiger partial charge is 0.349 e. The Morgan fingerprint density at radius 3 is 3.00 bits per heavy atom. The summed E-state index contributed by atoms with van der Waals surface area (Å²) in [5.74, 6) is 0.549. The van der Waals surface area contributed by atoms with Crippen LogP contribution < -0.4 is 5.32 Å². The second kappa shape index (κ2) is 5.69. The van der Waals surface area contributed by atoms with E-state index in [4.69, 9.17) is 0 Å². The summed E-state index contributed by atoms with van der Waals surface area (Å²) in [4.78, 5) is 14.2.